The molecule has 0 saturated carbocycles. The molecule has 9 heteroatoms. The maximum Gasteiger partial charge on any atom is 0.294 e. The molecular formula is C17H20N4O5. The highest BCUT2D eigenvalue weighted by Crippen LogP contribution is 2.25. The van der Waals surface area contributed by atoms with Crippen molar-refractivity contribution in [2.75, 3.05) is 13.2 Å². The fourth-order valence-corrected chi connectivity index (χ4v) is 2.74. The number of hydrogen-bond acceptors (Lipinski definition) is 6. The number of fused-ring (bicyclic) bond motifs is 1. The molecule has 0 fully saturated rings. The number of carbonyl (C=O) groups excluding carboxylic acids is 1. The first-order valence-corrected chi connectivity index (χ1v) is 8.05. The lowest BCUT2D eigenvalue weighted by molar-refractivity contribution is 0.0799. The summed E-state index contributed by atoms with van der Waals surface area (Å²) < 4.78 is 8.49. The predicted octanol–water partition coefficient (Wildman–Crippen LogP) is -0.00716. The van der Waals surface area contributed by atoms with Crippen LogP contribution >= 0.6 is 0 Å². The maximum atomic E-state index is 12.6. The topological polar surface area (TPSA) is 122 Å². The largest absolute Gasteiger partial charge is 0.466 e. The molecule has 3 N–H and O–H groups in total. The van der Waals surface area contributed by atoms with Gasteiger partial charge in [-0.1, -0.05) is 0 Å². The molecule has 3 heterocycles. The third kappa shape index (κ3) is 3.14. The number of imidazole rings is 1. The Morgan fingerprint density at radius 2 is 2.12 bits per heavy atom. The lowest BCUT2D eigenvalue weighted by Crippen LogP contribution is -2.34. The number of aryl methyl sites for hydroxylation is 2. The van der Waals surface area contributed by atoms with Crippen LogP contribution in [0.25, 0.3) is 16.9 Å². The van der Waals surface area contributed by atoms with Crippen LogP contribution in [0, 0.1) is 13.8 Å². The summed E-state index contributed by atoms with van der Waals surface area (Å²) in [5.74, 6) is 0.881. The van der Waals surface area contributed by atoms with Crippen LogP contribution in [0.2, 0.25) is 0 Å². The molecule has 138 valence electrons. The van der Waals surface area contributed by atoms with Crippen molar-refractivity contribution in [2.45, 2.75) is 20.0 Å². The second kappa shape index (κ2) is 6.77. The molecule has 0 aliphatic carbocycles. The molecule has 0 radical (unpaired) electrons. The summed E-state index contributed by atoms with van der Waals surface area (Å²) in [7, 11) is 1.63. The molecule has 3 aromatic heterocycles. The normalized spacial score (nSPS) is 12.5. The molecule has 1 atom stereocenters. The molecule has 26 heavy (non-hydrogen) atoms. The van der Waals surface area contributed by atoms with Gasteiger partial charge in [-0.05, 0) is 19.9 Å². The second-order valence-corrected chi connectivity index (χ2v) is 6.11. The Morgan fingerprint density at radius 1 is 1.38 bits per heavy atom. The molecule has 0 aromatic carbocycles. The average molecular weight is 360 g/mol. The molecule has 0 bridgehead atoms. The molecular weight excluding hydrogens is 340 g/mol. The lowest BCUT2D eigenvalue weighted by atomic mass is 10.2. The first-order valence-electron chi connectivity index (χ1n) is 8.05. The van der Waals surface area contributed by atoms with E-state index < -0.39 is 18.6 Å². The van der Waals surface area contributed by atoms with Crippen LogP contribution in [0.3, 0.4) is 0 Å². The third-order valence-corrected chi connectivity index (χ3v) is 4.11. The van der Waals surface area contributed by atoms with E-state index in [1.54, 1.807) is 13.2 Å². The first-order chi connectivity index (χ1) is 12.3. The SMILES string of the molecule is Cc1cc(-c2cn3cc(C(=O)NC[C@@H](O)CO)nc3c(=O)n2C)c(C)o1. The standard InChI is InChI=1S/C17H20N4O5/c1-9-4-12(10(2)26-9)14-7-21-6-13(16(24)18-5-11(23)8-22)19-15(21)17(25)20(14)3/h4,6-7,11,22-23H,5,8H2,1-3H3,(H,18,24)/t11-/m1/s1. The van der Waals surface area contributed by atoms with Crippen molar-refractivity contribution >= 4 is 11.6 Å². The molecule has 0 aliphatic heterocycles. The van der Waals surface area contributed by atoms with Crippen LogP contribution in [0.15, 0.2) is 27.7 Å². The van der Waals surface area contributed by atoms with Gasteiger partial charge in [0.2, 0.25) is 5.65 Å². The Labute approximate surface area is 148 Å². The lowest BCUT2D eigenvalue weighted by Gasteiger charge is -2.07. The minimum atomic E-state index is -1.05. The molecule has 0 spiro atoms. The van der Waals surface area contributed by atoms with Crippen LogP contribution in [-0.2, 0) is 7.05 Å². The van der Waals surface area contributed by atoms with Crippen LogP contribution in [0.1, 0.15) is 22.0 Å². The van der Waals surface area contributed by atoms with E-state index in [-0.39, 0.29) is 23.4 Å². The van der Waals surface area contributed by atoms with Crippen LogP contribution in [-0.4, -0.2) is 49.3 Å². The van der Waals surface area contributed by atoms with Crippen LogP contribution in [0.4, 0.5) is 0 Å². The van der Waals surface area contributed by atoms with E-state index in [1.165, 1.54) is 15.2 Å². The van der Waals surface area contributed by atoms with Crippen molar-refractivity contribution in [1.29, 1.82) is 0 Å². The minimum absolute atomic E-state index is 0.0458. The summed E-state index contributed by atoms with van der Waals surface area (Å²) in [6.45, 7) is 3.07. The number of aromatic nitrogens is 3. The Balaban J connectivity index is 2.02. The quantitative estimate of drug-likeness (QED) is 0.588. The monoisotopic (exact) mass is 360 g/mol. The van der Waals surface area contributed by atoms with Crippen molar-refractivity contribution in [3.8, 4) is 11.3 Å². The number of amides is 1. The fourth-order valence-electron chi connectivity index (χ4n) is 2.74. The molecule has 9 nitrogen and oxygen atoms in total. The Kier molecular flexibility index (Phi) is 4.66. The number of furan rings is 1. The average Bonchev–Trinajstić information content (AvgIpc) is 3.18. The summed E-state index contributed by atoms with van der Waals surface area (Å²) in [6.07, 6.45) is 2.10. The van der Waals surface area contributed by atoms with E-state index >= 15 is 0 Å². The maximum absolute atomic E-state index is 12.6. The number of aliphatic hydroxyl groups excluding tert-OH is 2. The molecule has 1 amide bonds. The molecule has 0 aliphatic rings. The summed E-state index contributed by atoms with van der Waals surface area (Å²) in [6, 6.07) is 1.84. The highest BCUT2D eigenvalue weighted by Gasteiger charge is 2.18. The summed E-state index contributed by atoms with van der Waals surface area (Å²) in [4.78, 5) is 28.9. The first kappa shape index (κ1) is 17.9. The smallest absolute Gasteiger partial charge is 0.294 e. The Hall–Kier alpha value is -2.91. The summed E-state index contributed by atoms with van der Waals surface area (Å²) in [5, 5.41) is 20.6. The number of carbonyl (C=O) groups is 1. The number of nitrogens with zero attached hydrogens (tertiary/aromatic N) is 3. The second-order valence-electron chi connectivity index (χ2n) is 6.11. The van der Waals surface area contributed by atoms with E-state index in [0.717, 1.165) is 11.3 Å². The van der Waals surface area contributed by atoms with Gasteiger partial charge in [-0.2, -0.15) is 0 Å². The zero-order chi connectivity index (χ0) is 19.0. The van der Waals surface area contributed by atoms with Crippen molar-refractivity contribution in [3.05, 3.63) is 46.0 Å². The molecule has 0 unspecified atom stereocenters. The van der Waals surface area contributed by atoms with Crippen LogP contribution in [0.5, 0.6) is 0 Å². The van der Waals surface area contributed by atoms with Crippen molar-refractivity contribution in [3.63, 3.8) is 0 Å². The van der Waals surface area contributed by atoms with E-state index in [4.69, 9.17) is 9.52 Å². The minimum Gasteiger partial charge on any atom is -0.466 e. The van der Waals surface area contributed by atoms with Crippen LogP contribution < -0.4 is 10.9 Å². The zero-order valence-corrected chi connectivity index (χ0v) is 14.7. The fraction of sp³-hybridized carbons (Fsp3) is 0.353. The predicted molar refractivity (Wildman–Crippen MR) is 93.0 cm³/mol. The zero-order valence-electron chi connectivity index (χ0n) is 14.7. The van der Waals surface area contributed by atoms with Gasteiger partial charge in [0.25, 0.3) is 11.5 Å². The summed E-state index contributed by atoms with van der Waals surface area (Å²) >= 11 is 0. The van der Waals surface area contributed by atoms with E-state index in [0.29, 0.717) is 11.5 Å². The van der Waals surface area contributed by atoms with Gasteiger partial charge in [0.1, 0.15) is 17.2 Å². The van der Waals surface area contributed by atoms with E-state index in [9.17, 15) is 14.7 Å². The Morgan fingerprint density at radius 3 is 2.73 bits per heavy atom. The van der Waals surface area contributed by atoms with Gasteiger partial charge >= 0.3 is 0 Å². The summed E-state index contributed by atoms with van der Waals surface area (Å²) in [5.41, 5.74) is 1.23. The van der Waals surface area contributed by atoms with Gasteiger partial charge < -0.3 is 24.5 Å². The Bertz CT molecular complexity index is 1030. The van der Waals surface area contributed by atoms with Gasteiger partial charge in [0.15, 0.2) is 0 Å². The van der Waals surface area contributed by atoms with E-state index in [1.807, 2.05) is 19.9 Å². The molecule has 0 saturated heterocycles. The highest BCUT2D eigenvalue weighted by atomic mass is 16.3. The van der Waals surface area contributed by atoms with Gasteiger partial charge in [-0.25, -0.2) is 4.98 Å². The third-order valence-electron chi connectivity index (χ3n) is 4.11. The molecule has 3 rings (SSSR count). The van der Waals surface area contributed by atoms with Crippen molar-refractivity contribution < 1.29 is 19.4 Å². The van der Waals surface area contributed by atoms with Crippen molar-refractivity contribution in [2.24, 2.45) is 7.05 Å². The number of aliphatic hydroxyl groups is 2. The number of hydrogen-bond donors (Lipinski definition) is 3. The van der Waals surface area contributed by atoms with Crippen molar-refractivity contribution in [1.82, 2.24) is 19.3 Å². The number of nitrogens with one attached hydrogen (secondary N) is 1. The van der Waals surface area contributed by atoms with E-state index in [2.05, 4.69) is 10.3 Å². The van der Waals surface area contributed by atoms with Gasteiger partial charge in [0, 0.05) is 31.5 Å². The van der Waals surface area contributed by atoms with Gasteiger partial charge in [-0.3, -0.25) is 14.0 Å². The number of rotatable bonds is 5. The highest BCUT2D eigenvalue weighted by molar-refractivity contribution is 5.92. The molecule has 3 aromatic rings. The van der Waals surface area contributed by atoms with Gasteiger partial charge in [0.05, 0.1) is 18.4 Å². The van der Waals surface area contributed by atoms with Gasteiger partial charge in [-0.15, -0.1) is 0 Å².